The van der Waals surface area contributed by atoms with Crippen LogP contribution in [0.15, 0.2) is 41.6 Å². The monoisotopic (exact) mass is 347 g/mol. The van der Waals surface area contributed by atoms with Crippen LogP contribution < -0.4 is 0 Å². The van der Waals surface area contributed by atoms with Crippen molar-refractivity contribution in [2.45, 2.75) is 20.3 Å². The molecule has 0 saturated carbocycles. The van der Waals surface area contributed by atoms with Crippen molar-refractivity contribution < 1.29 is 14.5 Å². The molecule has 7 nitrogen and oxygen atoms in total. The zero-order valence-electron chi connectivity index (χ0n) is 13.6. The highest BCUT2D eigenvalue weighted by molar-refractivity contribution is 7.15. The number of aromatic nitrogens is 2. The molecule has 0 aliphatic carbocycles. The summed E-state index contributed by atoms with van der Waals surface area (Å²) in [5.41, 5.74) is 1.24. The van der Waals surface area contributed by atoms with Crippen LogP contribution in [-0.2, 0) is 4.74 Å². The van der Waals surface area contributed by atoms with E-state index in [0.29, 0.717) is 22.6 Å². The smallest absolute Gasteiger partial charge is 0.358 e. The predicted octanol–water partition coefficient (Wildman–Crippen LogP) is 3.71. The van der Waals surface area contributed by atoms with E-state index in [4.69, 9.17) is 0 Å². The number of rotatable bonds is 6. The van der Waals surface area contributed by atoms with Gasteiger partial charge in [0.1, 0.15) is 0 Å². The second-order valence-electron chi connectivity index (χ2n) is 4.75. The topological polar surface area (TPSA) is 86.7 Å². The van der Waals surface area contributed by atoms with Gasteiger partial charge in [-0.1, -0.05) is 19.1 Å². The summed E-state index contributed by atoms with van der Waals surface area (Å²) >= 11 is 1.30. The third-order valence-corrected chi connectivity index (χ3v) is 4.04. The number of imidazole rings is 1. The molecule has 2 aromatic heterocycles. The Kier molecular flexibility index (Phi) is 5.64. The van der Waals surface area contributed by atoms with Crippen molar-refractivity contribution in [3.8, 4) is 0 Å². The molecule has 2 aromatic rings. The largest absolute Gasteiger partial charge is 0.464 e. The van der Waals surface area contributed by atoms with Gasteiger partial charge in [-0.05, 0) is 25.5 Å². The van der Waals surface area contributed by atoms with Gasteiger partial charge in [0.05, 0.1) is 23.3 Å². The van der Waals surface area contributed by atoms with E-state index in [1.807, 2.05) is 13.8 Å². The molecule has 0 amide bonds. The van der Waals surface area contributed by atoms with Gasteiger partial charge in [0.2, 0.25) is 0 Å². The van der Waals surface area contributed by atoms with E-state index in [0.717, 1.165) is 0 Å². The van der Waals surface area contributed by atoms with Crippen molar-refractivity contribution in [2.24, 2.45) is 0 Å². The minimum absolute atomic E-state index is 0.0172. The third-order valence-electron chi connectivity index (χ3n) is 3.21. The van der Waals surface area contributed by atoms with Crippen LogP contribution in [0.5, 0.6) is 0 Å². The van der Waals surface area contributed by atoms with Crippen LogP contribution in [0, 0.1) is 10.1 Å². The van der Waals surface area contributed by atoms with Crippen molar-refractivity contribution >= 4 is 27.8 Å². The van der Waals surface area contributed by atoms with Crippen molar-refractivity contribution in [1.29, 1.82) is 0 Å². The Morgan fingerprint density at radius 3 is 2.88 bits per heavy atom. The molecule has 0 N–H and O–H groups in total. The lowest BCUT2D eigenvalue weighted by Gasteiger charge is -2.04. The Balaban J connectivity index is 2.64. The number of carbonyl (C=O) groups excluding carboxylic acids is 1. The molecule has 2 rings (SSSR count). The SMILES string of the molecule is C\C=C/C=C(\C(=C/CC)[N+](=O)[O-])c1csc2nc(C(=O)OC)cn12. The van der Waals surface area contributed by atoms with Gasteiger partial charge >= 0.3 is 5.97 Å². The number of carbonyl (C=O) groups is 1. The van der Waals surface area contributed by atoms with E-state index in [9.17, 15) is 14.9 Å². The van der Waals surface area contributed by atoms with Crippen LogP contribution in [0.4, 0.5) is 0 Å². The summed E-state index contributed by atoms with van der Waals surface area (Å²) in [5, 5.41) is 13.2. The highest BCUT2D eigenvalue weighted by Gasteiger charge is 2.23. The lowest BCUT2D eigenvalue weighted by molar-refractivity contribution is -0.417. The van der Waals surface area contributed by atoms with Gasteiger partial charge in [-0.2, -0.15) is 0 Å². The molecule has 2 heterocycles. The quantitative estimate of drug-likeness (QED) is 0.344. The van der Waals surface area contributed by atoms with Gasteiger partial charge in [-0.3, -0.25) is 14.5 Å². The Hall–Kier alpha value is -2.74. The van der Waals surface area contributed by atoms with E-state index in [1.165, 1.54) is 24.6 Å². The molecule has 126 valence electrons. The lowest BCUT2D eigenvalue weighted by Crippen LogP contribution is -2.04. The zero-order valence-corrected chi connectivity index (χ0v) is 14.4. The summed E-state index contributed by atoms with van der Waals surface area (Å²) < 4.78 is 6.34. The Morgan fingerprint density at radius 1 is 1.54 bits per heavy atom. The van der Waals surface area contributed by atoms with Gasteiger partial charge in [0, 0.05) is 11.6 Å². The molecule has 8 heteroatoms. The zero-order chi connectivity index (χ0) is 17.7. The second-order valence-corrected chi connectivity index (χ2v) is 5.59. The van der Waals surface area contributed by atoms with E-state index in [-0.39, 0.29) is 11.4 Å². The molecule has 0 fully saturated rings. The maximum Gasteiger partial charge on any atom is 0.358 e. The molecule has 0 atom stereocenters. The van der Waals surface area contributed by atoms with Gasteiger partial charge in [-0.15, -0.1) is 11.3 Å². The van der Waals surface area contributed by atoms with Crippen molar-refractivity contribution in [1.82, 2.24) is 9.38 Å². The molecule has 0 bridgehead atoms. The molecular formula is C16H17N3O4S. The van der Waals surface area contributed by atoms with Crippen LogP contribution in [0.1, 0.15) is 36.5 Å². The van der Waals surface area contributed by atoms with Gasteiger partial charge in [-0.25, -0.2) is 9.78 Å². The van der Waals surface area contributed by atoms with Gasteiger partial charge < -0.3 is 4.74 Å². The molecule has 0 aliphatic rings. The van der Waals surface area contributed by atoms with Crippen LogP contribution in [0.2, 0.25) is 0 Å². The normalized spacial score (nSPS) is 13.0. The Labute approximate surface area is 142 Å². The standard InChI is InChI=1S/C16H17N3O4S/c1-4-6-8-11(13(7-5-2)19(21)22)14-10-24-16-17-12(9-18(14)16)15(20)23-3/h4,6-10H,5H2,1-3H3/b6-4-,11-8+,13-7+. The molecule has 0 saturated heterocycles. The number of thiazole rings is 1. The number of nitro groups is 1. The molecule has 0 unspecified atom stereocenters. The van der Waals surface area contributed by atoms with E-state index in [1.54, 1.807) is 34.1 Å². The summed E-state index contributed by atoms with van der Waals surface area (Å²) in [6.07, 6.45) is 8.85. The lowest BCUT2D eigenvalue weighted by atomic mass is 10.1. The second kappa shape index (κ2) is 7.69. The highest BCUT2D eigenvalue weighted by atomic mass is 32.1. The van der Waals surface area contributed by atoms with E-state index < -0.39 is 10.9 Å². The summed E-state index contributed by atoms with van der Waals surface area (Å²) in [4.78, 5) is 27.5. The summed E-state index contributed by atoms with van der Waals surface area (Å²) in [6, 6.07) is 0. The van der Waals surface area contributed by atoms with Crippen molar-refractivity contribution in [3.05, 3.63) is 63.1 Å². The molecular weight excluding hydrogens is 330 g/mol. The molecule has 0 radical (unpaired) electrons. The van der Waals surface area contributed by atoms with Crippen LogP contribution in [-0.4, -0.2) is 27.4 Å². The summed E-state index contributed by atoms with van der Waals surface area (Å²) in [6.45, 7) is 3.67. The molecule has 0 spiro atoms. The number of fused-ring (bicyclic) bond motifs is 1. The molecule has 0 aromatic carbocycles. The first kappa shape index (κ1) is 17.6. The minimum atomic E-state index is -0.547. The summed E-state index contributed by atoms with van der Waals surface area (Å²) in [5.74, 6) is -0.547. The summed E-state index contributed by atoms with van der Waals surface area (Å²) in [7, 11) is 1.28. The number of esters is 1. The molecule has 24 heavy (non-hydrogen) atoms. The maximum absolute atomic E-state index is 11.6. The first-order chi connectivity index (χ1) is 11.5. The number of hydrogen-bond acceptors (Lipinski definition) is 6. The van der Waals surface area contributed by atoms with Crippen LogP contribution in [0.25, 0.3) is 10.5 Å². The number of hydrogen-bond donors (Lipinski definition) is 0. The maximum atomic E-state index is 11.6. The van der Waals surface area contributed by atoms with Crippen molar-refractivity contribution in [3.63, 3.8) is 0 Å². The molecule has 0 aliphatic heterocycles. The number of ether oxygens (including phenoxy) is 1. The number of methoxy groups -OCH3 is 1. The van der Waals surface area contributed by atoms with Gasteiger partial charge in [0.15, 0.2) is 10.7 Å². The first-order valence-electron chi connectivity index (χ1n) is 7.26. The van der Waals surface area contributed by atoms with E-state index >= 15 is 0 Å². The minimum Gasteiger partial charge on any atom is -0.464 e. The third kappa shape index (κ3) is 3.43. The fourth-order valence-corrected chi connectivity index (χ4v) is 3.02. The Morgan fingerprint density at radius 2 is 2.29 bits per heavy atom. The van der Waals surface area contributed by atoms with E-state index in [2.05, 4.69) is 9.72 Å². The number of nitrogens with zero attached hydrogens (tertiary/aromatic N) is 3. The number of allylic oxidation sites excluding steroid dienone is 5. The predicted molar refractivity (Wildman–Crippen MR) is 92.6 cm³/mol. The van der Waals surface area contributed by atoms with Gasteiger partial charge in [0.25, 0.3) is 5.70 Å². The van der Waals surface area contributed by atoms with Crippen LogP contribution >= 0.6 is 11.3 Å². The van der Waals surface area contributed by atoms with Crippen LogP contribution in [0.3, 0.4) is 0 Å². The highest BCUT2D eigenvalue weighted by Crippen LogP contribution is 2.29. The van der Waals surface area contributed by atoms with Crippen molar-refractivity contribution in [2.75, 3.05) is 7.11 Å². The average Bonchev–Trinajstić information content (AvgIpc) is 3.14. The average molecular weight is 347 g/mol. The fraction of sp³-hybridized carbons (Fsp3) is 0.250. The first-order valence-corrected chi connectivity index (χ1v) is 8.14. The fourth-order valence-electron chi connectivity index (χ4n) is 2.15. The Bertz CT molecular complexity index is 858.